The number of benzene rings is 2. The lowest BCUT2D eigenvalue weighted by Crippen LogP contribution is -2.34. The Balaban J connectivity index is 2.34. The second kappa shape index (κ2) is 5.51. The van der Waals surface area contributed by atoms with Gasteiger partial charge < -0.3 is 10.4 Å². The summed E-state index contributed by atoms with van der Waals surface area (Å²) < 4.78 is 0. The molecule has 0 aliphatic heterocycles. The van der Waals surface area contributed by atoms with E-state index in [1.54, 1.807) is 0 Å². The number of nitrogens with one attached hydrogen (secondary N) is 1. The van der Waals surface area contributed by atoms with Crippen LogP contribution in [0.5, 0.6) is 0 Å². The summed E-state index contributed by atoms with van der Waals surface area (Å²) in [4.78, 5) is 0. The lowest BCUT2D eigenvalue weighted by Gasteiger charge is -2.27. The largest absolute Gasteiger partial charge is 0.395 e. The van der Waals surface area contributed by atoms with Gasteiger partial charge in [-0.25, -0.2) is 0 Å². The highest BCUT2D eigenvalue weighted by Gasteiger charge is 2.21. The standard InChI is InChI=1S/C16H21NO/c1-16(2,12-17-10-11-18)15-9-5-7-13-6-3-4-8-14(13)15/h3-9,17-18H,10-12H2,1-2H3. The topological polar surface area (TPSA) is 32.3 Å². The molecule has 2 heteroatoms. The third kappa shape index (κ3) is 2.71. The van der Waals surface area contributed by atoms with Gasteiger partial charge in [-0.3, -0.25) is 0 Å². The molecule has 0 aromatic heterocycles. The zero-order valence-electron chi connectivity index (χ0n) is 11.1. The van der Waals surface area contributed by atoms with E-state index in [9.17, 15) is 0 Å². The van der Waals surface area contributed by atoms with Crippen molar-refractivity contribution >= 4 is 10.8 Å². The van der Waals surface area contributed by atoms with Gasteiger partial charge in [0.2, 0.25) is 0 Å². The van der Waals surface area contributed by atoms with Gasteiger partial charge in [-0.2, -0.15) is 0 Å². The minimum absolute atomic E-state index is 0.0516. The van der Waals surface area contributed by atoms with Crippen molar-refractivity contribution in [3.63, 3.8) is 0 Å². The molecular weight excluding hydrogens is 222 g/mol. The van der Waals surface area contributed by atoms with E-state index in [0.717, 1.165) is 6.54 Å². The van der Waals surface area contributed by atoms with Crippen LogP contribution in [-0.4, -0.2) is 24.8 Å². The minimum atomic E-state index is 0.0516. The Kier molecular flexibility index (Phi) is 4.00. The average molecular weight is 243 g/mol. The lowest BCUT2D eigenvalue weighted by molar-refractivity contribution is 0.287. The van der Waals surface area contributed by atoms with E-state index in [0.29, 0.717) is 6.54 Å². The molecule has 0 fully saturated rings. The molecule has 2 N–H and O–H groups in total. The smallest absolute Gasteiger partial charge is 0.0555 e. The Morgan fingerprint density at radius 2 is 1.78 bits per heavy atom. The van der Waals surface area contributed by atoms with E-state index in [-0.39, 0.29) is 12.0 Å². The first-order valence-electron chi connectivity index (χ1n) is 6.45. The highest BCUT2D eigenvalue weighted by atomic mass is 16.3. The fraction of sp³-hybridized carbons (Fsp3) is 0.375. The second-order valence-electron chi connectivity index (χ2n) is 5.31. The zero-order valence-corrected chi connectivity index (χ0v) is 11.1. The number of rotatable bonds is 5. The van der Waals surface area contributed by atoms with Gasteiger partial charge in [0.05, 0.1) is 6.61 Å². The predicted molar refractivity (Wildman–Crippen MR) is 76.9 cm³/mol. The Labute approximate surface area is 109 Å². The number of aliphatic hydroxyl groups is 1. The van der Waals surface area contributed by atoms with E-state index in [2.05, 4.69) is 61.6 Å². The van der Waals surface area contributed by atoms with Gasteiger partial charge in [-0.05, 0) is 16.3 Å². The fourth-order valence-corrected chi connectivity index (χ4v) is 2.39. The molecule has 2 aromatic carbocycles. The van der Waals surface area contributed by atoms with Gasteiger partial charge in [0.15, 0.2) is 0 Å². The molecule has 0 spiro atoms. The van der Waals surface area contributed by atoms with Crippen LogP contribution in [0.1, 0.15) is 19.4 Å². The first-order chi connectivity index (χ1) is 8.65. The first kappa shape index (κ1) is 13.1. The van der Waals surface area contributed by atoms with E-state index >= 15 is 0 Å². The third-order valence-electron chi connectivity index (χ3n) is 3.37. The molecule has 2 aromatic rings. The maximum absolute atomic E-state index is 8.84. The van der Waals surface area contributed by atoms with Crippen molar-refractivity contribution in [1.29, 1.82) is 0 Å². The van der Waals surface area contributed by atoms with Crippen LogP contribution in [0.4, 0.5) is 0 Å². The second-order valence-corrected chi connectivity index (χ2v) is 5.31. The predicted octanol–water partition coefficient (Wildman–Crippen LogP) is 2.70. The quantitative estimate of drug-likeness (QED) is 0.791. The summed E-state index contributed by atoms with van der Waals surface area (Å²) in [7, 11) is 0. The van der Waals surface area contributed by atoms with Crippen LogP contribution in [0.25, 0.3) is 10.8 Å². The molecule has 18 heavy (non-hydrogen) atoms. The van der Waals surface area contributed by atoms with Crippen LogP contribution in [0.3, 0.4) is 0 Å². The lowest BCUT2D eigenvalue weighted by atomic mass is 9.81. The Bertz CT molecular complexity index is 514. The maximum atomic E-state index is 8.84. The van der Waals surface area contributed by atoms with Crippen molar-refractivity contribution in [2.24, 2.45) is 0 Å². The average Bonchev–Trinajstić information content (AvgIpc) is 2.38. The number of hydrogen-bond acceptors (Lipinski definition) is 2. The van der Waals surface area contributed by atoms with Crippen molar-refractivity contribution in [3.8, 4) is 0 Å². The molecule has 0 aliphatic rings. The van der Waals surface area contributed by atoms with Gasteiger partial charge in [0, 0.05) is 18.5 Å². The SMILES string of the molecule is CC(C)(CNCCO)c1cccc2ccccc12. The van der Waals surface area contributed by atoms with Crippen LogP contribution < -0.4 is 5.32 Å². The van der Waals surface area contributed by atoms with Crippen molar-refractivity contribution < 1.29 is 5.11 Å². The molecule has 0 heterocycles. The van der Waals surface area contributed by atoms with Crippen LogP contribution in [-0.2, 0) is 5.41 Å². The van der Waals surface area contributed by atoms with Crippen molar-refractivity contribution in [2.45, 2.75) is 19.3 Å². The number of hydrogen-bond donors (Lipinski definition) is 2. The first-order valence-corrected chi connectivity index (χ1v) is 6.45. The Morgan fingerprint density at radius 1 is 1.06 bits per heavy atom. The van der Waals surface area contributed by atoms with Crippen LogP contribution in [0.2, 0.25) is 0 Å². The highest BCUT2D eigenvalue weighted by Crippen LogP contribution is 2.29. The molecule has 0 saturated heterocycles. The van der Waals surface area contributed by atoms with Gasteiger partial charge in [-0.1, -0.05) is 56.3 Å². The van der Waals surface area contributed by atoms with E-state index in [1.807, 2.05) is 0 Å². The molecule has 0 unspecified atom stereocenters. The number of aliphatic hydroxyl groups excluding tert-OH is 1. The van der Waals surface area contributed by atoms with Gasteiger partial charge in [0.25, 0.3) is 0 Å². The zero-order chi connectivity index (χ0) is 13.0. The maximum Gasteiger partial charge on any atom is 0.0555 e. The highest BCUT2D eigenvalue weighted by molar-refractivity contribution is 5.86. The van der Waals surface area contributed by atoms with Gasteiger partial charge in [-0.15, -0.1) is 0 Å². The van der Waals surface area contributed by atoms with Crippen molar-refractivity contribution in [1.82, 2.24) is 5.32 Å². The normalized spacial score (nSPS) is 11.9. The molecule has 0 saturated carbocycles. The Hall–Kier alpha value is -1.38. The van der Waals surface area contributed by atoms with Crippen LogP contribution in [0, 0.1) is 0 Å². The molecule has 0 amide bonds. The molecule has 96 valence electrons. The summed E-state index contributed by atoms with van der Waals surface area (Å²) in [5.74, 6) is 0. The van der Waals surface area contributed by atoms with Gasteiger partial charge in [0.1, 0.15) is 0 Å². The van der Waals surface area contributed by atoms with Crippen molar-refractivity contribution in [3.05, 3.63) is 48.0 Å². The van der Waals surface area contributed by atoms with E-state index in [1.165, 1.54) is 16.3 Å². The minimum Gasteiger partial charge on any atom is -0.395 e. The van der Waals surface area contributed by atoms with Crippen LogP contribution >= 0.6 is 0 Å². The molecule has 0 bridgehead atoms. The van der Waals surface area contributed by atoms with Crippen molar-refractivity contribution in [2.75, 3.05) is 19.7 Å². The van der Waals surface area contributed by atoms with E-state index in [4.69, 9.17) is 5.11 Å². The summed E-state index contributed by atoms with van der Waals surface area (Å²) in [5, 5.41) is 14.7. The summed E-state index contributed by atoms with van der Waals surface area (Å²) in [5.41, 5.74) is 1.40. The van der Waals surface area contributed by atoms with Crippen LogP contribution in [0.15, 0.2) is 42.5 Å². The fourth-order valence-electron chi connectivity index (χ4n) is 2.39. The summed E-state index contributed by atoms with van der Waals surface area (Å²) in [6, 6.07) is 14.9. The monoisotopic (exact) mass is 243 g/mol. The summed E-state index contributed by atoms with van der Waals surface area (Å²) in [6.45, 7) is 6.17. The van der Waals surface area contributed by atoms with E-state index < -0.39 is 0 Å². The summed E-state index contributed by atoms with van der Waals surface area (Å²) in [6.07, 6.45) is 0. The molecule has 0 radical (unpaired) electrons. The Morgan fingerprint density at radius 3 is 2.56 bits per heavy atom. The summed E-state index contributed by atoms with van der Waals surface area (Å²) >= 11 is 0. The number of fused-ring (bicyclic) bond motifs is 1. The molecule has 0 atom stereocenters. The molecule has 0 aliphatic carbocycles. The molecular formula is C16H21NO. The molecule has 2 rings (SSSR count). The molecule has 2 nitrogen and oxygen atoms in total. The third-order valence-corrected chi connectivity index (χ3v) is 3.37. The van der Waals surface area contributed by atoms with Gasteiger partial charge >= 0.3 is 0 Å².